The van der Waals surface area contributed by atoms with Crippen LogP contribution in [-0.4, -0.2) is 49.3 Å². The molecule has 5 rings (SSSR count). The number of esters is 1. The molecule has 0 amide bonds. The molecular weight excluding hydrogens is 502 g/mol. The number of carbonyl (C=O) groups excluding carboxylic acids is 1. The van der Waals surface area contributed by atoms with Crippen molar-refractivity contribution >= 4 is 34.1 Å². The highest BCUT2D eigenvalue weighted by atomic mass is 16.6. The molecule has 0 saturated heterocycles. The second-order valence-electron chi connectivity index (χ2n) is 8.46. The number of hydrogen-bond acceptors (Lipinski definition) is 9. The molecule has 39 heavy (non-hydrogen) atoms. The van der Waals surface area contributed by atoms with E-state index in [9.17, 15) is 9.59 Å². The number of aromatic nitrogens is 2. The van der Waals surface area contributed by atoms with E-state index >= 15 is 0 Å². The number of para-hydroxylation sites is 2. The van der Waals surface area contributed by atoms with Crippen LogP contribution in [-0.2, 0) is 9.53 Å². The third kappa shape index (κ3) is 4.79. The van der Waals surface area contributed by atoms with Crippen molar-refractivity contribution in [1.82, 2.24) is 9.66 Å². The molecule has 2 heterocycles. The maximum atomic E-state index is 13.6. The Morgan fingerprint density at radius 1 is 0.974 bits per heavy atom. The summed E-state index contributed by atoms with van der Waals surface area (Å²) >= 11 is 0. The van der Waals surface area contributed by atoms with E-state index < -0.39 is 17.6 Å². The van der Waals surface area contributed by atoms with Crippen molar-refractivity contribution in [3.8, 4) is 28.8 Å². The van der Waals surface area contributed by atoms with Gasteiger partial charge in [-0.05, 0) is 49.4 Å². The van der Waals surface area contributed by atoms with Crippen LogP contribution in [0.5, 0.6) is 17.2 Å². The van der Waals surface area contributed by atoms with Gasteiger partial charge in [-0.2, -0.15) is 9.78 Å². The number of hydrogen-bond donors (Lipinski definition) is 0. The number of benzene rings is 3. The van der Waals surface area contributed by atoms with Gasteiger partial charge in [0, 0.05) is 5.56 Å². The molecule has 1 atom stereocenters. The van der Waals surface area contributed by atoms with Crippen LogP contribution >= 0.6 is 0 Å². The van der Waals surface area contributed by atoms with Crippen LogP contribution in [0.2, 0.25) is 0 Å². The number of furan rings is 1. The van der Waals surface area contributed by atoms with Crippen molar-refractivity contribution in [3.63, 3.8) is 0 Å². The SMILES string of the molecule is COC(=O)[C@H](C)Oc1c(C=Nn2c(-c3cc4c(OC)cccc4o3)nc3ccccc3c2=O)cccc1OC. The maximum Gasteiger partial charge on any atom is 0.346 e. The molecule has 0 aliphatic carbocycles. The topological polar surface area (TPSA) is 114 Å². The van der Waals surface area contributed by atoms with Crippen LogP contribution in [0.25, 0.3) is 33.5 Å². The molecule has 0 fully saturated rings. The predicted molar refractivity (Wildman–Crippen MR) is 146 cm³/mol. The molecule has 10 heteroatoms. The van der Waals surface area contributed by atoms with Crippen molar-refractivity contribution in [1.29, 1.82) is 0 Å². The lowest BCUT2D eigenvalue weighted by atomic mass is 10.2. The molecule has 0 N–H and O–H groups in total. The van der Waals surface area contributed by atoms with Crippen LogP contribution in [0.15, 0.2) is 81.0 Å². The zero-order chi connectivity index (χ0) is 27.5. The quantitative estimate of drug-likeness (QED) is 0.212. The average molecular weight is 528 g/mol. The average Bonchev–Trinajstić information content (AvgIpc) is 3.41. The molecule has 0 aliphatic rings. The Morgan fingerprint density at radius 3 is 2.49 bits per heavy atom. The summed E-state index contributed by atoms with van der Waals surface area (Å²) < 4.78 is 28.8. The maximum absolute atomic E-state index is 13.6. The Labute approximate surface area is 223 Å². The summed E-state index contributed by atoms with van der Waals surface area (Å²) in [4.78, 5) is 30.3. The minimum Gasteiger partial charge on any atom is -0.496 e. The molecule has 0 unspecified atom stereocenters. The van der Waals surface area contributed by atoms with Crippen LogP contribution < -0.4 is 19.8 Å². The molecule has 0 saturated carbocycles. The molecule has 0 radical (unpaired) electrons. The highest BCUT2D eigenvalue weighted by Gasteiger charge is 2.21. The van der Waals surface area contributed by atoms with Crippen LogP contribution in [0, 0.1) is 0 Å². The van der Waals surface area contributed by atoms with E-state index in [0.29, 0.717) is 39.3 Å². The van der Waals surface area contributed by atoms with E-state index in [2.05, 4.69) is 5.10 Å². The molecule has 5 aromatic rings. The lowest BCUT2D eigenvalue weighted by molar-refractivity contribution is -0.147. The Kier molecular flexibility index (Phi) is 7.00. The fourth-order valence-electron chi connectivity index (χ4n) is 4.14. The van der Waals surface area contributed by atoms with Gasteiger partial charge in [-0.15, -0.1) is 0 Å². The molecule has 198 valence electrons. The first-order valence-electron chi connectivity index (χ1n) is 12.0. The van der Waals surface area contributed by atoms with Crippen LogP contribution in [0.4, 0.5) is 0 Å². The minimum atomic E-state index is -0.912. The highest BCUT2D eigenvalue weighted by molar-refractivity contribution is 5.89. The lowest BCUT2D eigenvalue weighted by Crippen LogP contribution is -2.25. The van der Waals surface area contributed by atoms with Gasteiger partial charge >= 0.3 is 5.97 Å². The van der Waals surface area contributed by atoms with Crippen LogP contribution in [0.1, 0.15) is 12.5 Å². The monoisotopic (exact) mass is 527 g/mol. The zero-order valence-corrected chi connectivity index (χ0v) is 21.7. The molecule has 0 spiro atoms. The number of fused-ring (bicyclic) bond motifs is 2. The van der Waals surface area contributed by atoms with Crippen LogP contribution in [0.3, 0.4) is 0 Å². The van der Waals surface area contributed by atoms with E-state index in [-0.39, 0.29) is 11.6 Å². The van der Waals surface area contributed by atoms with Crippen molar-refractivity contribution in [3.05, 3.63) is 82.6 Å². The lowest BCUT2D eigenvalue weighted by Gasteiger charge is -2.17. The van der Waals surface area contributed by atoms with Crippen molar-refractivity contribution in [2.75, 3.05) is 21.3 Å². The number of ether oxygens (including phenoxy) is 4. The predicted octanol–water partition coefficient (Wildman–Crippen LogP) is 4.65. The second kappa shape index (κ2) is 10.7. The number of methoxy groups -OCH3 is 3. The van der Waals surface area contributed by atoms with Gasteiger partial charge in [-0.3, -0.25) is 4.79 Å². The first kappa shape index (κ1) is 25.5. The van der Waals surface area contributed by atoms with Gasteiger partial charge in [0.1, 0.15) is 11.3 Å². The summed E-state index contributed by atoms with van der Waals surface area (Å²) in [5.74, 6) is 1.24. The summed E-state index contributed by atoms with van der Waals surface area (Å²) in [6.07, 6.45) is 0.525. The Hall–Kier alpha value is -5.12. The van der Waals surface area contributed by atoms with E-state index in [1.807, 2.05) is 12.1 Å². The summed E-state index contributed by atoms with van der Waals surface area (Å²) in [6.45, 7) is 1.56. The molecule has 10 nitrogen and oxygen atoms in total. The first-order chi connectivity index (χ1) is 18.9. The third-order valence-corrected chi connectivity index (χ3v) is 6.08. The molecular formula is C29H25N3O7. The van der Waals surface area contributed by atoms with E-state index in [0.717, 1.165) is 5.39 Å². The Bertz CT molecular complexity index is 1770. The highest BCUT2D eigenvalue weighted by Crippen LogP contribution is 2.34. The Balaban J connectivity index is 1.68. The fourth-order valence-corrected chi connectivity index (χ4v) is 4.14. The molecule has 3 aromatic carbocycles. The van der Waals surface area contributed by atoms with Gasteiger partial charge in [0.2, 0.25) is 5.82 Å². The minimum absolute atomic E-state index is 0.196. The van der Waals surface area contributed by atoms with Gasteiger partial charge in [0.15, 0.2) is 23.4 Å². The second-order valence-corrected chi connectivity index (χ2v) is 8.46. The van der Waals surface area contributed by atoms with Crippen molar-refractivity contribution in [2.24, 2.45) is 5.10 Å². The van der Waals surface area contributed by atoms with Crippen molar-refractivity contribution in [2.45, 2.75) is 13.0 Å². The van der Waals surface area contributed by atoms with Gasteiger partial charge in [-0.1, -0.05) is 24.3 Å². The fraction of sp³-hybridized carbons (Fsp3) is 0.172. The zero-order valence-electron chi connectivity index (χ0n) is 21.7. The number of nitrogens with zero attached hydrogens (tertiary/aromatic N) is 3. The smallest absolute Gasteiger partial charge is 0.346 e. The van der Waals surface area contributed by atoms with E-state index in [1.54, 1.807) is 68.6 Å². The van der Waals surface area contributed by atoms with E-state index in [1.165, 1.54) is 25.1 Å². The largest absolute Gasteiger partial charge is 0.496 e. The van der Waals surface area contributed by atoms with Gasteiger partial charge in [-0.25, -0.2) is 9.78 Å². The normalized spacial score (nSPS) is 12.1. The van der Waals surface area contributed by atoms with Crippen molar-refractivity contribution < 1.29 is 28.2 Å². The molecule has 0 bridgehead atoms. The Morgan fingerprint density at radius 2 is 1.72 bits per heavy atom. The molecule has 0 aliphatic heterocycles. The molecule has 2 aromatic heterocycles. The standard InChI is InChI=1S/C29H25N3O7/c1-17(29(34)37-4)38-26-18(9-7-14-24(26)36-3)16-30-32-27(31-21-11-6-5-10-19(21)28(32)33)25-15-20-22(35-2)12-8-13-23(20)39-25/h5-17H,1-4H3/t17-/m0/s1. The van der Waals surface area contributed by atoms with Gasteiger partial charge < -0.3 is 23.4 Å². The van der Waals surface area contributed by atoms with Gasteiger partial charge in [0.05, 0.1) is 43.8 Å². The number of rotatable bonds is 8. The van der Waals surface area contributed by atoms with Gasteiger partial charge in [0.25, 0.3) is 5.56 Å². The summed E-state index contributed by atoms with van der Waals surface area (Å²) in [5, 5.41) is 5.61. The summed E-state index contributed by atoms with van der Waals surface area (Å²) in [6, 6.07) is 19.3. The summed E-state index contributed by atoms with van der Waals surface area (Å²) in [7, 11) is 4.34. The summed E-state index contributed by atoms with van der Waals surface area (Å²) in [5.41, 5.74) is 1.13. The number of carbonyl (C=O) groups is 1. The first-order valence-corrected chi connectivity index (χ1v) is 12.0. The third-order valence-electron chi connectivity index (χ3n) is 6.08. The van der Waals surface area contributed by atoms with E-state index in [4.69, 9.17) is 28.3 Å².